The molecule has 0 heterocycles. The standard InChI is InChI=1S/C6H9F3O3/c1-4(5(10)11-2)12-3-6(7,8)9/h4H,3H2,1-2H3. The molecular weight excluding hydrogens is 177 g/mol. The molecule has 0 saturated carbocycles. The number of rotatable bonds is 3. The van der Waals surface area contributed by atoms with Crippen LogP contribution in [-0.2, 0) is 14.3 Å². The molecule has 0 amide bonds. The molecule has 0 aliphatic rings. The topological polar surface area (TPSA) is 35.5 Å². The van der Waals surface area contributed by atoms with E-state index in [1.165, 1.54) is 6.92 Å². The van der Waals surface area contributed by atoms with Crippen molar-refractivity contribution in [3.05, 3.63) is 0 Å². The Balaban J connectivity index is 3.72. The smallest absolute Gasteiger partial charge is 0.411 e. The Morgan fingerprint density at radius 3 is 2.33 bits per heavy atom. The average molecular weight is 186 g/mol. The van der Waals surface area contributed by atoms with Crippen LogP contribution in [0.4, 0.5) is 13.2 Å². The lowest BCUT2D eigenvalue weighted by molar-refractivity contribution is -0.191. The first-order valence-corrected chi connectivity index (χ1v) is 3.13. The van der Waals surface area contributed by atoms with Gasteiger partial charge in [-0.05, 0) is 6.92 Å². The van der Waals surface area contributed by atoms with E-state index in [-0.39, 0.29) is 0 Å². The second kappa shape index (κ2) is 4.30. The van der Waals surface area contributed by atoms with Crippen LogP contribution >= 0.6 is 0 Å². The number of alkyl halides is 3. The van der Waals surface area contributed by atoms with E-state index in [1.807, 2.05) is 0 Å². The number of carbonyl (C=O) groups excluding carboxylic acids is 1. The molecule has 0 bridgehead atoms. The summed E-state index contributed by atoms with van der Waals surface area (Å²) in [4.78, 5) is 10.5. The van der Waals surface area contributed by atoms with Crippen LogP contribution in [-0.4, -0.2) is 32.0 Å². The molecule has 0 aromatic heterocycles. The Bertz CT molecular complexity index is 155. The van der Waals surface area contributed by atoms with E-state index < -0.39 is 24.9 Å². The number of methoxy groups -OCH3 is 1. The summed E-state index contributed by atoms with van der Waals surface area (Å²) in [6.07, 6.45) is -5.60. The summed E-state index contributed by atoms with van der Waals surface area (Å²) < 4.78 is 42.8. The van der Waals surface area contributed by atoms with Crippen molar-refractivity contribution in [3.63, 3.8) is 0 Å². The molecule has 1 unspecified atom stereocenters. The van der Waals surface area contributed by atoms with Crippen LogP contribution in [0.25, 0.3) is 0 Å². The Morgan fingerprint density at radius 2 is 2.00 bits per heavy atom. The normalized spacial score (nSPS) is 14.1. The number of halogens is 3. The van der Waals surface area contributed by atoms with Gasteiger partial charge in [-0.3, -0.25) is 0 Å². The van der Waals surface area contributed by atoms with Crippen LogP contribution in [0.2, 0.25) is 0 Å². The zero-order valence-electron chi connectivity index (χ0n) is 6.64. The minimum atomic E-state index is -4.41. The van der Waals surface area contributed by atoms with Crippen LogP contribution in [0, 0.1) is 0 Å². The lowest BCUT2D eigenvalue weighted by Gasteiger charge is -2.11. The summed E-state index contributed by atoms with van der Waals surface area (Å²) in [6.45, 7) is -0.249. The molecule has 0 aromatic carbocycles. The highest BCUT2D eigenvalue weighted by Gasteiger charge is 2.30. The molecule has 0 aromatic rings. The Kier molecular flexibility index (Phi) is 4.02. The van der Waals surface area contributed by atoms with Gasteiger partial charge < -0.3 is 9.47 Å². The van der Waals surface area contributed by atoms with Crippen molar-refractivity contribution in [2.45, 2.75) is 19.2 Å². The van der Waals surface area contributed by atoms with Gasteiger partial charge in [-0.25, -0.2) is 4.79 Å². The van der Waals surface area contributed by atoms with Crippen LogP contribution in [0.15, 0.2) is 0 Å². The first-order valence-electron chi connectivity index (χ1n) is 3.13. The quantitative estimate of drug-likeness (QED) is 0.619. The van der Waals surface area contributed by atoms with Crippen molar-refractivity contribution < 1.29 is 27.4 Å². The molecule has 0 fully saturated rings. The fourth-order valence-corrected chi connectivity index (χ4v) is 0.453. The third kappa shape index (κ3) is 4.95. The molecule has 0 aliphatic heterocycles. The molecule has 0 radical (unpaired) electrons. The van der Waals surface area contributed by atoms with Crippen molar-refractivity contribution in [1.29, 1.82) is 0 Å². The fourth-order valence-electron chi connectivity index (χ4n) is 0.453. The number of esters is 1. The van der Waals surface area contributed by atoms with Gasteiger partial charge in [0.05, 0.1) is 7.11 Å². The Labute approximate surface area is 67.4 Å². The molecule has 72 valence electrons. The number of ether oxygens (including phenoxy) is 2. The van der Waals surface area contributed by atoms with Gasteiger partial charge in [0.2, 0.25) is 0 Å². The molecule has 0 N–H and O–H groups in total. The molecule has 0 aliphatic carbocycles. The van der Waals surface area contributed by atoms with E-state index >= 15 is 0 Å². The van der Waals surface area contributed by atoms with E-state index in [0.29, 0.717) is 0 Å². The van der Waals surface area contributed by atoms with E-state index in [1.54, 1.807) is 0 Å². The van der Waals surface area contributed by atoms with E-state index in [2.05, 4.69) is 9.47 Å². The van der Waals surface area contributed by atoms with Gasteiger partial charge in [-0.15, -0.1) is 0 Å². The number of hydrogen-bond acceptors (Lipinski definition) is 3. The van der Waals surface area contributed by atoms with Crippen LogP contribution < -0.4 is 0 Å². The monoisotopic (exact) mass is 186 g/mol. The van der Waals surface area contributed by atoms with E-state index in [4.69, 9.17) is 0 Å². The summed E-state index contributed by atoms with van der Waals surface area (Å²) in [5.41, 5.74) is 0. The van der Waals surface area contributed by atoms with Gasteiger partial charge in [0.1, 0.15) is 6.61 Å². The second-order valence-electron chi connectivity index (χ2n) is 2.09. The second-order valence-corrected chi connectivity index (χ2v) is 2.09. The van der Waals surface area contributed by atoms with E-state index in [9.17, 15) is 18.0 Å². The van der Waals surface area contributed by atoms with Crippen molar-refractivity contribution >= 4 is 5.97 Å². The van der Waals surface area contributed by atoms with Crippen LogP contribution in [0.5, 0.6) is 0 Å². The molecule has 0 saturated heterocycles. The molecule has 12 heavy (non-hydrogen) atoms. The molecule has 6 heteroatoms. The largest absolute Gasteiger partial charge is 0.467 e. The predicted octanol–water partition coefficient (Wildman–Crippen LogP) is 1.13. The third-order valence-corrected chi connectivity index (χ3v) is 1.03. The van der Waals surface area contributed by atoms with Gasteiger partial charge >= 0.3 is 12.1 Å². The van der Waals surface area contributed by atoms with E-state index in [0.717, 1.165) is 7.11 Å². The molecule has 1 atom stereocenters. The summed E-state index contributed by atoms with van der Waals surface area (Å²) in [7, 11) is 1.08. The third-order valence-electron chi connectivity index (χ3n) is 1.03. The summed E-state index contributed by atoms with van der Waals surface area (Å²) in [5.74, 6) is -0.820. The van der Waals surface area contributed by atoms with Gasteiger partial charge in [-0.2, -0.15) is 13.2 Å². The summed E-state index contributed by atoms with van der Waals surface area (Å²) >= 11 is 0. The fraction of sp³-hybridized carbons (Fsp3) is 0.833. The van der Waals surface area contributed by atoms with Gasteiger partial charge in [0.15, 0.2) is 6.10 Å². The highest BCUT2D eigenvalue weighted by atomic mass is 19.4. The Hall–Kier alpha value is -0.780. The van der Waals surface area contributed by atoms with Gasteiger partial charge in [-0.1, -0.05) is 0 Å². The maximum absolute atomic E-state index is 11.5. The molecule has 0 spiro atoms. The lowest BCUT2D eigenvalue weighted by Crippen LogP contribution is -2.27. The van der Waals surface area contributed by atoms with Crippen molar-refractivity contribution in [2.75, 3.05) is 13.7 Å². The minimum Gasteiger partial charge on any atom is -0.467 e. The summed E-state index contributed by atoms with van der Waals surface area (Å²) in [6, 6.07) is 0. The minimum absolute atomic E-state index is 0.820. The number of hydrogen-bond donors (Lipinski definition) is 0. The van der Waals surface area contributed by atoms with Gasteiger partial charge in [0, 0.05) is 0 Å². The zero-order valence-corrected chi connectivity index (χ0v) is 6.64. The molecular formula is C6H9F3O3. The first-order chi connectivity index (χ1) is 5.37. The number of carbonyl (C=O) groups is 1. The van der Waals surface area contributed by atoms with Crippen molar-refractivity contribution in [3.8, 4) is 0 Å². The zero-order chi connectivity index (χ0) is 9.78. The predicted molar refractivity (Wildman–Crippen MR) is 33.5 cm³/mol. The van der Waals surface area contributed by atoms with Gasteiger partial charge in [0.25, 0.3) is 0 Å². The maximum atomic E-state index is 11.5. The molecule has 3 nitrogen and oxygen atoms in total. The van der Waals surface area contributed by atoms with Crippen LogP contribution in [0.3, 0.4) is 0 Å². The highest BCUT2D eigenvalue weighted by Crippen LogP contribution is 2.15. The lowest BCUT2D eigenvalue weighted by atomic mass is 10.4. The first kappa shape index (κ1) is 11.2. The van der Waals surface area contributed by atoms with Crippen molar-refractivity contribution in [2.24, 2.45) is 0 Å². The SMILES string of the molecule is COC(=O)C(C)OCC(F)(F)F. The summed E-state index contributed by atoms with van der Waals surface area (Å²) in [5, 5.41) is 0. The maximum Gasteiger partial charge on any atom is 0.411 e. The average Bonchev–Trinajstić information content (AvgIpc) is 1.97. The highest BCUT2D eigenvalue weighted by molar-refractivity contribution is 5.73. The van der Waals surface area contributed by atoms with Crippen LogP contribution in [0.1, 0.15) is 6.92 Å². The molecule has 0 rings (SSSR count). The van der Waals surface area contributed by atoms with Crippen molar-refractivity contribution in [1.82, 2.24) is 0 Å². The Morgan fingerprint density at radius 1 is 1.50 bits per heavy atom.